The van der Waals surface area contributed by atoms with Gasteiger partial charge in [-0.05, 0) is 18.6 Å². The van der Waals surface area contributed by atoms with Gasteiger partial charge in [0.2, 0.25) is 11.7 Å². The standard InChI is InChI=1S/C12H18N2O4/c1-3-6-14-11(15)8-13-7-9-4-5-10(18-9)12(16)17-2/h4-5,13H,3,6-8H2,1-2H3,(H,14,15). The van der Waals surface area contributed by atoms with E-state index in [9.17, 15) is 9.59 Å². The molecule has 0 saturated heterocycles. The van der Waals surface area contributed by atoms with Crippen LogP contribution >= 0.6 is 0 Å². The first-order chi connectivity index (χ1) is 8.67. The Morgan fingerprint density at radius 3 is 2.83 bits per heavy atom. The van der Waals surface area contributed by atoms with Gasteiger partial charge in [-0.15, -0.1) is 0 Å². The molecule has 0 fully saturated rings. The van der Waals surface area contributed by atoms with Gasteiger partial charge in [-0.25, -0.2) is 4.79 Å². The SMILES string of the molecule is CCCNC(=O)CNCc1ccc(C(=O)OC)o1. The Kier molecular flexibility index (Phi) is 5.93. The Labute approximate surface area is 106 Å². The Morgan fingerprint density at radius 2 is 2.17 bits per heavy atom. The first-order valence-electron chi connectivity index (χ1n) is 5.81. The summed E-state index contributed by atoms with van der Waals surface area (Å²) in [7, 11) is 1.29. The molecule has 0 aliphatic heterocycles. The third kappa shape index (κ3) is 4.58. The number of hydrogen-bond donors (Lipinski definition) is 2. The molecule has 1 amide bonds. The van der Waals surface area contributed by atoms with Crippen molar-refractivity contribution in [1.82, 2.24) is 10.6 Å². The molecule has 100 valence electrons. The summed E-state index contributed by atoms with van der Waals surface area (Å²) in [4.78, 5) is 22.4. The van der Waals surface area contributed by atoms with Gasteiger partial charge < -0.3 is 19.8 Å². The second-order valence-electron chi connectivity index (χ2n) is 3.71. The zero-order valence-electron chi connectivity index (χ0n) is 10.6. The highest BCUT2D eigenvalue weighted by atomic mass is 16.5. The number of methoxy groups -OCH3 is 1. The highest BCUT2D eigenvalue weighted by molar-refractivity contribution is 5.86. The van der Waals surface area contributed by atoms with Crippen molar-refractivity contribution in [3.63, 3.8) is 0 Å². The normalized spacial score (nSPS) is 10.1. The van der Waals surface area contributed by atoms with E-state index in [1.807, 2.05) is 6.92 Å². The predicted molar refractivity (Wildman–Crippen MR) is 65.1 cm³/mol. The van der Waals surface area contributed by atoms with Crippen molar-refractivity contribution >= 4 is 11.9 Å². The molecule has 0 atom stereocenters. The largest absolute Gasteiger partial charge is 0.463 e. The number of ether oxygens (including phenoxy) is 1. The number of furan rings is 1. The third-order valence-corrected chi connectivity index (χ3v) is 2.21. The number of hydrogen-bond acceptors (Lipinski definition) is 5. The lowest BCUT2D eigenvalue weighted by Crippen LogP contribution is -2.33. The lowest BCUT2D eigenvalue weighted by atomic mass is 10.4. The molecule has 18 heavy (non-hydrogen) atoms. The smallest absolute Gasteiger partial charge is 0.373 e. The summed E-state index contributed by atoms with van der Waals surface area (Å²) < 4.78 is 9.75. The van der Waals surface area contributed by atoms with Crippen LogP contribution in [0.25, 0.3) is 0 Å². The molecule has 1 rings (SSSR count). The van der Waals surface area contributed by atoms with Crippen molar-refractivity contribution in [3.8, 4) is 0 Å². The number of esters is 1. The summed E-state index contributed by atoms with van der Waals surface area (Å²) in [6, 6.07) is 3.21. The zero-order chi connectivity index (χ0) is 13.4. The van der Waals surface area contributed by atoms with E-state index in [1.54, 1.807) is 12.1 Å². The van der Waals surface area contributed by atoms with Crippen LogP contribution in [-0.2, 0) is 16.1 Å². The fourth-order valence-corrected chi connectivity index (χ4v) is 1.31. The average molecular weight is 254 g/mol. The van der Waals surface area contributed by atoms with E-state index in [0.29, 0.717) is 18.8 Å². The van der Waals surface area contributed by atoms with Crippen LogP contribution in [0.3, 0.4) is 0 Å². The predicted octanol–water partition coefficient (Wildman–Crippen LogP) is 0.682. The van der Waals surface area contributed by atoms with Crippen LogP contribution in [-0.4, -0.2) is 32.1 Å². The molecule has 0 radical (unpaired) electrons. The average Bonchev–Trinajstić information content (AvgIpc) is 2.84. The molecule has 1 aromatic rings. The van der Waals surface area contributed by atoms with Crippen molar-refractivity contribution in [2.75, 3.05) is 20.2 Å². The number of carbonyl (C=O) groups is 2. The lowest BCUT2D eigenvalue weighted by Gasteiger charge is -2.04. The van der Waals surface area contributed by atoms with Crippen LogP contribution < -0.4 is 10.6 Å². The van der Waals surface area contributed by atoms with Gasteiger partial charge in [-0.1, -0.05) is 6.92 Å². The number of nitrogens with one attached hydrogen (secondary N) is 2. The Morgan fingerprint density at radius 1 is 1.39 bits per heavy atom. The zero-order valence-corrected chi connectivity index (χ0v) is 10.6. The molecule has 0 aliphatic carbocycles. The van der Waals surface area contributed by atoms with Gasteiger partial charge in [0.25, 0.3) is 0 Å². The van der Waals surface area contributed by atoms with Gasteiger partial charge in [0.05, 0.1) is 20.2 Å². The molecule has 0 saturated carbocycles. The van der Waals surface area contributed by atoms with Crippen molar-refractivity contribution in [3.05, 3.63) is 23.7 Å². The molecule has 0 spiro atoms. The molecule has 6 nitrogen and oxygen atoms in total. The minimum Gasteiger partial charge on any atom is -0.463 e. The van der Waals surface area contributed by atoms with Crippen LogP contribution in [0, 0.1) is 0 Å². The van der Waals surface area contributed by atoms with Crippen LogP contribution in [0.15, 0.2) is 16.5 Å². The minimum absolute atomic E-state index is 0.0587. The van der Waals surface area contributed by atoms with Gasteiger partial charge in [0.15, 0.2) is 0 Å². The van der Waals surface area contributed by atoms with Crippen molar-refractivity contribution < 1.29 is 18.7 Å². The summed E-state index contributed by atoms with van der Waals surface area (Å²) in [5.74, 6) is 0.168. The van der Waals surface area contributed by atoms with E-state index >= 15 is 0 Å². The summed E-state index contributed by atoms with van der Waals surface area (Å²) in [5, 5.41) is 5.67. The first-order valence-corrected chi connectivity index (χ1v) is 5.81. The number of rotatable bonds is 7. The summed E-state index contributed by atoms with van der Waals surface area (Å²) >= 11 is 0. The Balaban J connectivity index is 2.29. The van der Waals surface area contributed by atoms with Crippen LogP contribution in [0.1, 0.15) is 29.7 Å². The molecular weight excluding hydrogens is 236 g/mol. The monoisotopic (exact) mass is 254 g/mol. The molecule has 0 bridgehead atoms. The summed E-state index contributed by atoms with van der Waals surface area (Å²) in [6.45, 7) is 3.27. The minimum atomic E-state index is -0.512. The molecule has 0 aliphatic rings. The maximum absolute atomic E-state index is 11.3. The Hall–Kier alpha value is -1.82. The van der Waals surface area contributed by atoms with Gasteiger partial charge in [0.1, 0.15) is 5.76 Å². The molecule has 0 aromatic carbocycles. The quantitative estimate of drug-likeness (QED) is 0.699. The molecule has 6 heteroatoms. The maximum Gasteiger partial charge on any atom is 0.373 e. The van der Waals surface area contributed by atoms with E-state index in [4.69, 9.17) is 4.42 Å². The first kappa shape index (κ1) is 14.2. The lowest BCUT2D eigenvalue weighted by molar-refractivity contribution is -0.120. The Bertz CT molecular complexity index is 401. The van der Waals surface area contributed by atoms with Crippen LogP contribution in [0.4, 0.5) is 0 Å². The molecule has 0 unspecified atom stereocenters. The molecule has 1 heterocycles. The van der Waals surface area contributed by atoms with Gasteiger partial charge in [0, 0.05) is 6.54 Å². The number of amides is 1. The van der Waals surface area contributed by atoms with Gasteiger partial charge in [-0.2, -0.15) is 0 Å². The van der Waals surface area contributed by atoms with E-state index in [2.05, 4.69) is 15.4 Å². The number of carbonyl (C=O) groups excluding carboxylic acids is 2. The van der Waals surface area contributed by atoms with E-state index in [-0.39, 0.29) is 18.2 Å². The van der Waals surface area contributed by atoms with Crippen molar-refractivity contribution in [2.24, 2.45) is 0 Å². The fraction of sp³-hybridized carbons (Fsp3) is 0.500. The van der Waals surface area contributed by atoms with Crippen LogP contribution in [0.5, 0.6) is 0 Å². The van der Waals surface area contributed by atoms with Crippen molar-refractivity contribution in [1.29, 1.82) is 0 Å². The second-order valence-corrected chi connectivity index (χ2v) is 3.71. The summed E-state index contributed by atoms with van der Waals surface area (Å²) in [5.41, 5.74) is 0. The van der Waals surface area contributed by atoms with Crippen molar-refractivity contribution in [2.45, 2.75) is 19.9 Å². The highest BCUT2D eigenvalue weighted by Crippen LogP contribution is 2.08. The van der Waals surface area contributed by atoms with E-state index < -0.39 is 5.97 Å². The molecule has 1 aromatic heterocycles. The third-order valence-electron chi connectivity index (χ3n) is 2.21. The molecular formula is C12H18N2O4. The van der Waals surface area contributed by atoms with Gasteiger partial charge in [-0.3, -0.25) is 4.79 Å². The molecule has 2 N–H and O–H groups in total. The topological polar surface area (TPSA) is 80.6 Å². The van der Waals surface area contributed by atoms with E-state index in [1.165, 1.54) is 7.11 Å². The summed E-state index contributed by atoms with van der Waals surface area (Å²) in [6.07, 6.45) is 0.909. The van der Waals surface area contributed by atoms with Gasteiger partial charge >= 0.3 is 5.97 Å². The highest BCUT2D eigenvalue weighted by Gasteiger charge is 2.10. The maximum atomic E-state index is 11.3. The van der Waals surface area contributed by atoms with Crippen LogP contribution in [0.2, 0.25) is 0 Å². The fourth-order valence-electron chi connectivity index (χ4n) is 1.31. The second kappa shape index (κ2) is 7.50. The van der Waals surface area contributed by atoms with E-state index in [0.717, 1.165) is 6.42 Å².